The summed E-state index contributed by atoms with van der Waals surface area (Å²) in [6.45, 7) is 2.06. The fourth-order valence-electron chi connectivity index (χ4n) is 1.76. The zero-order valence-corrected chi connectivity index (χ0v) is 9.03. The van der Waals surface area contributed by atoms with Crippen LogP contribution in [0.5, 0.6) is 0 Å². The van der Waals surface area contributed by atoms with Gasteiger partial charge in [-0.3, -0.25) is 0 Å². The van der Waals surface area contributed by atoms with Gasteiger partial charge in [-0.2, -0.15) is 0 Å². The Morgan fingerprint density at radius 2 is 2.25 bits per heavy atom. The molecule has 1 fully saturated rings. The molecule has 0 radical (unpaired) electrons. The van der Waals surface area contributed by atoms with E-state index in [1.165, 1.54) is 25.0 Å². The summed E-state index contributed by atoms with van der Waals surface area (Å²) in [5, 5.41) is 11.9. The Hall–Kier alpha value is -1.58. The maximum atomic E-state index is 13.3. The fraction of sp³-hybridized carbons (Fsp3) is 0.417. The second kappa shape index (κ2) is 4.12. The topological polar surface area (TPSA) is 49.3 Å². The number of benzene rings is 1. The van der Waals surface area contributed by atoms with Crippen LogP contribution in [0.15, 0.2) is 18.2 Å². The standard InChI is InChI=1S/C12H14FNO2/c1-7(8-2-3-8)14-9-4-5-10(12(15)16)11(13)6-9/h4-8,14H,2-3H2,1H3,(H,15,16). The summed E-state index contributed by atoms with van der Waals surface area (Å²) in [7, 11) is 0. The van der Waals surface area contributed by atoms with Gasteiger partial charge in [-0.15, -0.1) is 0 Å². The SMILES string of the molecule is CC(Nc1ccc(C(=O)O)c(F)c1)C1CC1. The van der Waals surface area contributed by atoms with Gasteiger partial charge in [-0.1, -0.05) is 0 Å². The highest BCUT2D eigenvalue weighted by Crippen LogP contribution is 2.34. The summed E-state index contributed by atoms with van der Waals surface area (Å²) in [4.78, 5) is 10.6. The third kappa shape index (κ3) is 2.32. The number of anilines is 1. The molecule has 1 aliphatic carbocycles. The van der Waals surface area contributed by atoms with Crippen molar-refractivity contribution in [1.82, 2.24) is 0 Å². The van der Waals surface area contributed by atoms with Gasteiger partial charge in [0.2, 0.25) is 0 Å². The monoisotopic (exact) mass is 223 g/mol. The number of carboxylic acids is 1. The van der Waals surface area contributed by atoms with E-state index in [4.69, 9.17) is 5.11 Å². The first-order valence-corrected chi connectivity index (χ1v) is 5.37. The van der Waals surface area contributed by atoms with Crippen molar-refractivity contribution in [2.75, 3.05) is 5.32 Å². The lowest BCUT2D eigenvalue weighted by atomic mass is 10.1. The average molecular weight is 223 g/mol. The minimum Gasteiger partial charge on any atom is -0.478 e. The Bertz CT molecular complexity index is 415. The van der Waals surface area contributed by atoms with Gasteiger partial charge in [0.25, 0.3) is 0 Å². The van der Waals surface area contributed by atoms with Crippen LogP contribution in [-0.2, 0) is 0 Å². The molecule has 1 unspecified atom stereocenters. The van der Waals surface area contributed by atoms with Crippen LogP contribution in [0, 0.1) is 11.7 Å². The molecule has 1 aliphatic rings. The molecular formula is C12H14FNO2. The molecule has 3 nitrogen and oxygen atoms in total. The van der Waals surface area contributed by atoms with Crippen LogP contribution >= 0.6 is 0 Å². The third-order valence-corrected chi connectivity index (χ3v) is 2.92. The molecule has 0 spiro atoms. The molecule has 1 atom stereocenters. The van der Waals surface area contributed by atoms with Crippen LogP contribution < -0.4 is 5.32 Å². The van der Waals surface area contributed by atoms with Crippen LogP contribution in [0.4, 0.5) is 10.1 Å². The number of aromatic carboxylic acids is 1. The molecule has 1 saturated carbocycles. The van der Waals surface area contributed by atoms with Gasteiger partial charge in [0.05, 0.1) is 5.56 Å². The van der Waals surface area contributed by atoms with Crippen LogP contribution in [0.1, 0.15) is 30.1 Å². The van der Waals surface area contributed by atoms with Gasteiger partial charge in [0.1, 0.15) is 5.82 Å². The van der Waals surface area contributed by atoms with E-state index in [0.717, 1.165) is 0 Å². The first-order valence-electron chi connectivity index (χ1n) is 5.37. The van der Waals surface area contributed by atoms with Crippen molar-refractivity contribution in [2.24, 2.45) is 5.92 Å². The lowest BCUT2D eigenvalue weighted by Crippen LogP contribution is -2.17. The minimum absolute atomic E-state index is 0.287. The zero-order chi connectivity index (χ0) is 11.7. The molecular weight excluding hydrogens is 209 g/mol. The third-order valence-electron chi connectivity index (χ3n) is 2.92. The predicted molar refractivity (Wildman–Crippen MR) is 59.2 cm³/mol. The molecule has 0 aromatic heterocycles. The molecule has 0 bridgehead atoms. The largest absolute Gasteiger partial charge is 0.478 e. The molecule has 2 rings (SSSR count). The molecule has 4 heteroatoms. The van der Waals surface area contributed by atoms with Crippen molar-refractivity contribution < 1.29 is 14.3 Å². The Balaban J connectivity index is 2.10. The predicted octanol–water partition coefficient (Wildman–Crippen LogP) is 2.73. The number of nitrogens with one attached hydrogen (secondary N) is 1. The Morgan fingerprint density at radius 1 is 1.56 bits per heavy atom. The molecule has 0 saturated heterocycles. The summed E-state index contributed by atoms with van der Waals surface area (Å²) < 4.78 is 13.3. The molecule has 86 valence electrons. The average Bonchev–Trinajstić information content (AvgIpc) is 2.99. The number of halogens is 1. The number of hydrogen-bond acceptors (Lipinski definition) is 2. The van der Waals surface area contributed by atoms with E-state index >= 15 is 0 Å². The lowest BCUT2D eigenvalue weighted by molar-refractivity contribution is 0.0692. The summed E-state index contributed by atoms with van der Waals surface area (Å²) in [6, 6.07) is 4.45. The summed E-state index contributed by atoms with van der Waals surface area (Å²) in [6.07, 6.45) is 2.42. The fourth-order valence-corrected chi connectivity index (χ4v) is 1.76. The first-order chi connectivity index (χ1) is 7.58. The van der Waals surface area contributed by atoms with Crippen LogP contribution in [-0.4, -0.2) is 17.1 Å². The number of hydrogen-bond donors (Lipinski definition) is 2. The normalized spacial score (nSPS) is 16.9. The number of carboxylic acid groups (broad SMARTS) is 1. The molecule has 16 heavy (non-hydrogen) atoms. The highest BCUT2D eigenvalue weighted by Gasteiger charge is 2.27. The minimum atomic E-state index is -1.24. The highest BCUT2D eigenvalue weighted by molar-refractivity contribution is 5.88. The molecule has 1 aromatic carbocycles. The van der Waals surface area contributed by atoms with Gasteiger partial charge < -0.3 is 10.4 Å². The van der Waals surface area contributed by atoms with Crippen molar-refractivity contribution in [3.8, 4) is 0 Å². The van der Waals surface area contributed by atoms with Crippen LogP contribution in [0.3, 0.4) is 0 Å². The Morgan fingerprint density at radius 3 is 2.75 bits per heavy atom. The summed E-state index contributed by atoms with van der Waals surface area (Å²) >= 11 is 0. The van der Waals surface area contributed by atoms with Crippen LogP contribution in [0.25, 0.3) is 0 Å². The second-order valence-electron chi connectivity index (χ2n) is 4.27. The summed E-state index contributed by atoms with van der Waals surface area (Å²) in [5.41, 5.74) is 0.353. The Kier molecular flexibility index (Phi) is 2.81. The van der Waals surface area contributed by atoms with Crippen LogP contribution in [0.2, 0.25) is 0 Å². The number of carbonyl (C=O) groups is 1. The van der Waals surface area contributed by atoms with E-state index in [0.29, 0.717) is 17.6 Å². The van der Waals surface area contributed by atoms with Gasteiger partial charge in [0.15, 0.2) is 0 Å². The Labute approximate surface area is 93.3 Å². The molecule has 0 amide bonds. The molecule has 0 aliphatic heterocycles. The summed E-state index contributed by atoms with van der Waals surface area (Å²) in [5.74, 6) is -1.26. The van der Waals surface area contributed by atoms with Crippen molar-refractivity contribution in [1.29, 1.82) is 0 Å². The molecule has 2 N–H and O–H groups in total. The van der Waals surface area contributed by atoms with Crippen molar-refractivity contribution in [2.45, 2.75) is 25.8 Å². The highest BCUT2D eigenvalue weighted by atomic mass is 19.1. The smallest absolute Gasteiger partial charge is 0.338 e. The van der Waals surface area contributed by atoms with Crippen molar-refractivity contribution in [3.63, 3.8) is 0 Å². The maximum absolute atomic E-state index is 13.3. The van der Waals surface area contributed by atoms with Gasteiger partial charge in [0, 0.05) is 11.7 Å². The second-order valence-corrected chi connectivity index (χ2v) is 4.27. The van der Waals surface area contributed by atoms with Gasteiger partial charge in [-0.25, -0.2) is 9.18 Å². The van der Waals surface area contributed by atoms with Crippen molar-refractivity contribution >= 4 is 11.7 Å². The van der Waals surface area contributed by atoms with E-state index in [1.54, 1.807) is 6.07 Å². The molecule has 1 aromatic rings. The van der Waals surface area contributed by atoms with E-state index in [1.807, 2.05) is 0 Å². The van der Waals surface area contributed by atoms with E-state index < -0.39 is 11.8 Å². The molecule has 0 heterocycles. The van der Waals surface area contributed by atoms with Gasteiger partial charge >= 0.3 is 5.97 Å². The van der Waals surface area contributed by atoms with Gasteiger partial charge in [-0.05, 0) is 43.9 Å². The zero-order valence-electron chi connectivity index (χ0n) is 9.03. The van der Waals surface area contributed by atoms with E-state index in [-0.39, 0.29) is 5.56 Å². The lowest BCUT2D eigenvalue weighted by Gasteiger charge is -2.14. The van der Waals surface area contributed by atoms with E-state index in [2.05, 4.69) is 12.2 Å². The maximum Gasteiger partial charge on any atom is 0.338 e. The van der Waals surface area contributed by atoms with E-state index in [9.17, 15) is 9.18 Å². The quantitative estimate of drug-likeness (QED) is 0.825. The number of rotatable bonds is 4. The van der Waals surface area contributed by atoms with Crippen molar-refractivity contribution in [3.05, 3.63) is 29.6 Å². The first kappa shape index (κ1) is 10.9.